The van der Waals surface area contributed by atoms with Crippen molar-refractivity contribution in [1.29, 1.82) is 0 Å². The summed E-state index contributed by atoms with van der Waals surface area (Å²) in [7, 11) is 0. The molecule has 0 amide bonds. The van der Waals surface area contributed by atoms with Gasteiger partial charge in [0.1, 0.15) is 0 Å². The Labute approximate surface area is 94.5 Å². The van der Waals surface area contributed by atoms with E-state index in [1.807, 2.05) is 0 Å². The van der Waals surface area contributed by atoms with Gasteiger partial charge in [-0.25, -0.2) is 0 Å². The van der Waals surface area contributed by atoms with E-state index in [1.54, 1.807) is 0 Å². The molecule has 0 radical (unpaired) electrons. The zero-order valence-electron chi connectivity index (χ0n) is 8.30. The summed E-state index contributed by atoms with van der Waals surface area (Å²) in [6, 6.07) is 0. The summed E-state index contributed by atoms with van der Waals surface area (Å²) < 4.78 is 11.8. The van der Waals surface area contributed by atoms with Crippen LogP contribution in [-0.2, 0) is 9.47 Å². The molecule has 2 atom stereocenters. The summed E-state index contributed by atoms with van der Waals surface area (Å²) in [6.45, 7) is 3.95. The lowest BCUT2D eigenvalue weighted by atomic mass is 10.2. The third kappa shape index (κ3) is 5.18. The molecule has 1 saturated heterocycles. The molecule has 0 spiro atoms. The van der Waals surface area contributed by atoms with Crippen LogP contribution in [0.3, 0.4) is 0 Å². The van der Waals surface area contributed by atoms with Crippen LogP contribution in [0.4, 0.5) is 0 Å². The highest BCUT2D eigenvalue weighted by molar-refractivity contribution is 14.1. The standard InChI is InChI=1S/C10H19IO2/c1-2-9(11)6-8-13-10-5-3-4-7-12-10/h9-10H,2-8H2,1H3. The van der Waals surface area contributed by atoms with Crippen LogP contribution in [-0.4, -0.2) is 23.4 Å². The topological polar surface area (TPSA) is 18.5 Å². The maximum absolute atomic E-state index is 5.63. The van der Waals surface area contributed by atoms with Crippen molar-refractivity contribution in [2.24, 2.45) is 0 Å². The summed E-state index contributed by atoms with van der Waals surface area (Å²) in [6.07, 6.45) is 6.01. The molecule has 13 heavy (non-hydrogen) atoms. The van der Waals surface area contributed by atoms with Crippen LogP contribution in [0.5, 0.6) is 0 Å². The normalized spacial score (nSPS) is 25.8. The van der Waals surface area contributed by atoms with Gasteiger partial charge in [-0.3, -0.25) is 0 Å². The fourth-order valence-corrected chi connectivity index (χ4v) is 1.63. The largest absolute Gasteiger partial charge is 0.353 e. The molecule has 1 aliphatic heterocycles. The summed E-state index contributed by atoms with van der Waals surface area (Å²) >= 11 is 2.48. The number of alkyl halides is 1. The van der Waals surface area contributed by atoms with Crippen LogP contribution in [0.2, 0.25) is 0 Å². The smallest absolute Gasteiger partial charge is 0.157 e. The SMILES string of the molecule is CCC(I)CCOC1CCCCO1. The van der Waals surface area contributed by atoms with Crippen molar-refractivity contribution in [2.75, 3.05) is 13.2 Å². The predicted molar refractivity (Wildman–Crippen MR) is 62.3 cm³/mol. The van der Waals surface area contributed by atoms with Gasteiger partial charge in [0, 0.05) is 10.5 Å². The van der Waals surface area contributed by atoms with E-state index in [2.05, 4.69) is 29.5 Å². The Balaban J connectivity index is 1.98. The van der Waals surface area contributed by atoms with E-state index in [9.17, 15) is 0 Å². The molecule has 0 bridgehead atoms. The molecule has 0 saturated carbocycles. The molecule has 0 aliphatic carbocycles. The van der Waals surface area contributed by atoms with Gasteiger partial charge in [-0.15, -0.1) is 0 Å². The summed E-state index contributed by atoms with van der Waals surface area (Å²) in [4.78, 5) is 0. The summed E-state index contributed by atoms with van der Waals surface area (Å²) in [5.41, 5.74) is 0. The first-order valence-electron chi connectivity index (χ1n) is 5.20. The van der Waals surface area contributed by atoms with Crippen molar-refractivity contribution in [1.82, 2.24) is 0 Å². The van der Waals surface area contributed by atoms with Gasteiger partial charge >= 0.3 is 0 Å². The highest BCUT2D eigenvalue weighted by Crippen LogP contribution is 2.15. The first-order valence-corrected chi connectivity index (χ1v) is 6.44. The molecule has 2 unspecified atom stereocenters. The number of rotatable bonds is 5. The summed E-state index contributed by atoms with van der Waals surface area (Å²) in [5.74, 6) is 0. The third-order valence-corrected chi connectivity index (χ3v) is 3.82. The minimum atomic E-state index is 0.0919. The van der Waals surface area contributed by atoms with Crippen molar-refractivity contribution >= 4 is 22.6 Å². The first kappa shape index (κ1) is 11.7. The van der Waals surface area contributed by atoms with Gasteiger partial charge < -0.3 is 9.47 Å². The van der Waals surface area contributed by atoms with E-state index in [0.29, 0.717) is 0 Å². The molecule has 1 heterocycles. The Morgan fingerprint density at radius 3 is 3.00 bits per heavy atom. The Hall–Kier alpha value is 0.650. The van der Waals surface area contributed by atoms with Gasteiger partial charge in [-0.2, -0.15) is 0 Å². The van der Waals surface area contributed by atoms with Crippen molar-refractivity contribution in [3.8, 4) is 0 Å². The Bertz CT molecular complexity index is 124. The fraction of sp³-hybridized carbons (Fsp3) is 1.00. The lowest BCUT2D eigenvalue weighted by Gasteiger charge is -2.23. The number of halogens is 1. The van der Waals surface area contributed by atoms with Gasteiger partial charge in [0.15, 0.2) is 6.29 Å². The van der Waals surface area contributed by atoms with Crippen molar-refractivity contribution in [3.63, 3.8) is 0 Å². The second-order valence-corrected chi connectivity index (χ2v) is 5.22. The zero-order chi connectivity index (χ0) is 9.52. The van der Waals surface area contributed by atoms with Gasteiger partial charge in [-0.05, 0) is 32.1 Å². The highest BCUT2D eigenvalue weighted by Gasteiger charge is 2.13. The fourth-order valence-electron chi connectivity index (χ4n) is 1.37. The van der Waals surface area contributed by atoms with Gasteiger partial charge in [0.05, 0.1) is 6.61 Å². The molecule has 1 rings (SSSR count). The minimum Gasteiger partial charge on any atom is -0.353 e. The molecule has 0 aromatic heterocycles. The molecule has 0 N–H and O–H groups in total. The van der Waals surface area contributed by atoms with Crippen LogP contribution in [0.25, 0.3) is 0 Å². The quantitative estimate of drug-likeness (QED) is 0.573. The first-order chi connectivity index (χ1) is 6.33. The van der Waals surface area contributed by atoms with E-state index in [0.717, 1.165) is 30.0 Å². The van der Waals surface area contributed by atoms with Crippen LogP contribution in [0.15, 0.2) is 0 Å². The molecular formula is C10H19IO2. The van der Waals surface area contributed by atoms with Crippen LogP contribution in [0.1, 0.15) is 39.0 Å². The van der Waals surface area contributed by atoms with E-state index in [4.69, 9.17) is 9.47 Å². The molecule has 1 aliphatic rings. The van der Waals surface area contributed by atoms with E-state index in [-0.39, 0.29) is 6.29 Å². The number of hydrogen-bond donors (Lipinski definition) is 0. The van der Waals surface area contributed by atoms with Gasteiger partial charge in [0.2, 0.25) is 0 Å². The molecule has 0 aromatic carbocycles. The Morgan fingerprint density at radius 1 is 1.54 bits per heavy atom. The van der Waals surface area contributed by atoms with E-state index in [1.165, 1.54) is 19.3 Å². The van der Waals surface area contributed by atoms with E-state index >= 15 is 0 Å². The molecular weight excluding hydrogens is 279 g/mol. The second kappa shape index (κ2) is 7.01. The van der Waals surface area contributed by atoms with Gasteiger partial charge in [-0.1, -0.05) is 29.5 Å². The Morgan fingerprint density at radius 2 is 2.38 bits per heavy atom. The third-order valence-electron chi connectivity index (χ3n) is 2.32. The lowest BCUT2D eigenvalue weighted by molar-refractivity contribution is -0.162. The maximum atomic E-state index is 5.63. The van der Waals surface area contributed by atoms with E-state index < -0.39 is 0 Å². The zero-order valence-corrected chi connectivity index (χ0v) is 10.5. The molecule has 1 fully saturated rings. The molecule has 78 valence electrons. The average molecular weight is 298 g/mol. The monoisotopic (exact) mass is 298 g/mol. The van der Waals surface area contributed by atoms with Gasteiger partial charge in [0.25, 0.3) is 0 Å². The van der Waals surface area contributed by atoms with Crippen molar-refractivity contribution in [2.45, 2.75) is 49.2 Å². The van der Waals surface area contributed by atoms with Crippen molar-refractivity contribution < 1.29 is 9.47 Å². The average Bonchev–Trinajstić information content (AvgIpc) is 2.19. The lowest BCUT2D eigenvalue weighted by Crippen LogP contribution is -2.23. The Kier molecular flexibility index (Phi) is 6.32. The number of ether oxygens (including phenoxy) is 2. The van der Waals surface area contributed by atoms with Crippen LogP contribution < -0.4 is 0 Å². The second-order valence-electron chi connectivity index (χ2n) is 3.46. The van der Waals surface area contributed by atoms with Crippen LogP contribution >= 0.6 is 22.6 Å². The van der Waals surface area contributed by atoms with Crippen LogP contribution in [0, 0.1) is 0 Å². The molecule has 3 heteroatoms. The highest BCUT2D eigenvalue weighted by atomic mass is 127. The number of hydrogen-bond acceptors (Lipinski definition) is 2. The minimum absolute atomic E-state index is 0.0919. The summed E-state index contributed by atoms with van der Waals surface area (Å²) in [5, 5.41) is 0. The molecule has 2 nitrogen and oxygen atoms in total. The maximum Gasteiger partial charge on any atom is 0.157 e. The molecule has 0 aromatic rings. The predicted octanol–water partition coefficient (Wildman–Crippen LogP) is 3.13. The van der Waals surface area contributed by atoms with Crippen molar-refractivity contribution in [3.05, 3.63) is 0 Å².